The van der Waals surface area contributed by atoms with Gasteiger partial charge in [-0.25, -0.2) is 9.78 Å². The van der Waals surface area contributed by atoms with Gasteiger partial charge in [0, 0.05) is 18.2 Å². The monoisotopic (exact) mass is 419 g/mol. The molecule has 2 atom stereocenters. The van der Waals surface area contributed by atoms with Crippen molar-refractivity contribution in [1.29, 1.82) is 0 Å². The molecule has 0 radical (unpaired) electrons. The number of rotatable bonds is 4. The fourth-order valence-corrected chi connectivity index (χ4v) is 4.87. The van der Waals surface area contributed by atoms with E-state index < -0.39 is 0 Å². The molecule has 2 aromatic carbocycles. The minimum absolute atomic E-state index is 0.0290. The molecule has 0 unspecified atom stereocenters. The van der Waals surface area contributed by atoms with Crippen LogP contribution in [0, 0.1) is 5.92 Å². The Hall–Kier alpha value is -3.15. The largest absolute Gasteiger partial charge is 0.465 e. The number of hydrogen-bond acceptors (Lipinski definition) is 4. The molecule has 1 heterocycles. The molecular formula is C25H29N3O3. The predicted octanol–water partition coefficient (Wildman–Crippen LogP) is 4.35. The number of H-pyrrole nitrogens is 1. The molecule has 1 aromatic heterocycles. The van der Waals surface area contributed by atoms with Gasteiger partial charge in [-0.15, -0.1) is 0 Å². The number of hydrogen-bond donors (Lipinski definition) is 1. The maximum absolute atomic E-state index is 13.5. The minimum atomic E-state index is -0.326. The first kappa shape index (κ1) is 21.1. The summed E-state index contributed by atoms with van der Waals surface area (Å²) >= 11 is 0. The van der Waals surface area contributed by atoms with Crippen molar-refractivity contribution in [3.05, 3.63) is 65.0 Å². The zero-order chi connectivity index (χ0) is 22.3. The van der Waals surface area contributed by atoms with Gasteiger partial charge in [-0.3, -0.25) is 4.79 Å². The number of amides is 1. The lowest BCUT2D eigenvalue weighted by Crippen LogP contribution is -2.53. The Bertz CT molecular complexity index is 1150. The van der Waals surface area contributed by atoms with E-state index in [1.807, 2.05) is 48.2 Å². The Labute approximate surface area is 182 Å². The highest BCUT2D eigenvalue weighted by Gasteiger charge is 2.43. The Morgan fingerprint density at radius 2 is 1.94 bits per heavy atom. The van der Waals surface area contributed by atoms with Crippen molar-refractivity contribution < 1.29 is 14.3 Å². The maximum atomic E-state index is 13.5. The molecule has 0 aliphatic heterocycles. The van der Waals surface area contributed by atoms with Crippen molar-refractivity contribution >= 4 is 22.9 Å². The van der Waals surface area contributed by atoms with Gasteiger partial charge in [-0.05, 0) is 66.1 Å². The standard InChI is InChI=1S/C25H29N3O3/c1-6-28(23(29)17-9-10-20-21(12-17)27-14-26-20)22-13-16-7-8-18(24(30)31-5)11-19(16)25(3,4)15(22)2/h7-12,14-15,22H,6,13H2,1-5H3,(H,26,27)/t15-,22-/m1/s1. The number of aromatic nitrogens is 2. The molecule has 6 heteroatoms. The average molecular weight is 420 g/mol. The first-order valence-corrected chi connectivity index (χ1v) is 10.7. The van der Waals surface area contributed by atoms with Crippen LogP contribution >= 0.6 is 0 Å². The van der Waals surface area contributed by atoms with Crippen molar-refractivity contribution in [2.45, 2.75) is 45.6 Å². The summed E-state index contributed by atoms with van der Waals surface area (Å²) in [5.74, 6) is -0.0955. The highest BCUT2D eigenvalue weighted by atomic mass is 16.5. The summed E-state index contributed by atoms with van der Waals surface area (Å²) in [5.41, 5.74) is 5.06. The third-order valence-electron chi connectivity index (χ3n) is 7.04. The minimum Gasteiger partial charge on any atom is -0.465 e. The predicted molar refractivity (Wildman–Crippen MR) is 120 cm³/mol. The van der Waals surface area contributed by atoms with E-state index in [9.17, 15) is 9.59 Å². The van der Waals surface area contributed by atoms with E-state index >= 15 is 0 Å². The Kier molecular flexibility index (Phi) is 5.33. The second-order valence-corrected chi connectivity index (χ2v) is 8.87. The molecule has 1 aliphatic rings. The summed E-state index contributed by atoms with van der Waals surface area (Å²) in [4.78, 5) is 34.9. The van der Waals surface area contributed by atoms with Crippen LogP contribution in [0.5, 0.6) is 0 Å². The van der Waals surface area contributed by atoms with E-state index in [-0.39, 0.29) is 29.3 Å². The maximum Gasteiger partial charge on any atom is 0.337 e. The number of imidazole rings is 1. The third-order valence-corrected chi connectivity index (χ3v) is 7.04. The third kappa shape index (κ3) is 3.50. The number of likely N-dealkylation sites (N-methyl/N-ethyl adjacent to an activating group) is 1. The molecule has 0 bridgehead atoms. The zero-order valence-corrected chi connectivity index (χ0v) is 18.7. The van der Waals surface area contributed by atoms with E-state index in [0.717, 1.165) is 23.0 Å². The van der Waals surface area contributed by atoms with Crippen LogP contribution in [0.4, 0.5) is 0 Å². The van der Waals surface area contributed by atoms with Gasteiger partial charge in [0.05, 0.1) is 30.0 Å². The number of nitrogens with zero attached hydrogens (tertiary/aromatic N) is 2. The first-order valence-electron chi connectivity index (χ1n) is 10.7. The molecule has 0 saturated heterocycles. The average Bonchev–Trinajstić information content (AvgIpc) is 3.24. The molecule has 162 valence electrons. The molecule has 31 heavy (non-hydrogen) atoms. The van der Waals surface area contributed by atoms with E-state index in [4.69, 9.17) is 4.74 Å². The zero-order valence-electron chi connectivity index (χ0n) is 18.7. The van der Waals surface area contributed by atoms with Gasteiger partial charge in [0.25, 0.3) is 5.91 Å². The second-order valence-electron chi connectivity index (χ2n) is 8.87. The van der Waals surface area contributed by atoms with E-state index in [0.29, 0.717) is 17.7 Å². The van der Waals surface area contributed by atoms with Gasteiger partial charge < -0.3 is 14.6 Å². The summed E-state index contributed by atoms with van der Waals surface area (Å²) in [7, 11) is 1.40. The van der Waals surface area contributed by atoms with Crippen LogP contribution in [0.3, 0.4) is 0 Å². The first-order chi connectivity index (χ1) is 14.8. The molecule has 6 nitrogen and oxygen atoms in total. The topological polar surface area (TPSA) is 75.3 Å². The smallest absolute Gasteiger partial charge is 0.337 e. The van der Waals surface area contributed by atoms with Gasteiger partial charge >= 0.3 is 5.97 Å². The summed E-state index contributed by atoms with van der Waals surface area (Å²) in [5, 5.41) is 0. The van der Waals surface area contributed by atoms with Crippen molar-refractivity contribution in [3.8, 4) is 0 Å². The normalized spacial score (nSPS) is 19.6. The number of carbonyl (C=O) groups excluding carboxylic acids is 2. The Balaban J connectivity index is 1.69. The molecular weight excluding hydrogens is 390 g/mol. The van der Waals surface area contributed by atoms with Crippen LogP contribution in [0.25, 0.3) is 11.0 Å². The summed E-state index contributed by atoms with van der Waals surface area (Å²) < 4.78 is 4.91. The number of ether oxygens (including phenoxy) is 1. The lowest BCUT2D eigenvalue weighted by atomic mass is 9.63. The number of benzene rings is 2. The Morgan fingerprint density at radius 3 is 2.65 bits per heavy atom. The van der Waals surface area contributed by atoms with E-state index in [2.05, 4.69) is 30.7 Å². The van der Waals surface area contributed by atoms with Crippen LogP contribution in [0.2, 0.25) is 0 Å². The number of fused-ring (bicyclic) bond motifs is 2. The molecule has 1 aliphatic carbocycles. The number of carbonyl (C=O) groups is 2. The van der Waals surface area contributed by atoms with E-state index in [1.165, 1.54) is 12.7 Å². The van der Waals surface area contributed by atoms with Gasteiger partial charge in [0.2, 0.25) is 0 Å². The lowest BCUT2D eigenvalue weighted by Gasteiger charge is -2.48. The van der Waals surface area contributed by atoms with Crippen LogP contribution in [-0.2, 0) is 16.6 Å². The number of methoxy groups -OCH3 is 1. The van der Waals surface area contributed by atoms with Crippen LogP contribution in [-0.4, -0.2) is 46.4 Å². The SMILES string of the molecule is CCN(C(=O)c1ccc2nc[nH]c2c1)[C@@H]1Cc2ccc(C(=O)OC)cc2C(C)(C)[C@@H]1C. The fraction of sp³-hybridized carbons (Fsp3) is 0.400. The highest BCUT2D eigenvalue weighted by molar-refractivity contribution is 5.97. The van der Waals surface area contributed by atoms with Gasteiger partial charge in [-0.2, -0.15) is 0 Å². The number of nitrogens with one attached hydrogen (secondary N) is 1. The van der Waals surface area contributed by atoms with Crippen molar-refractivity contribution in [2.24, 2.45) is 5.92 Å². The summed E-state index contributed by atoms with van der Waals surface area (Å²) in [6, 6.07) is 11.4. The quantitative estimate of drug-likeness (QED) is 0.638. The van der Waals surface area contributed by atoms with E-state index in [1.54, 1.807) is 6.33 Å². The van der Waals surface area contributed by atoms with Gasteiger partial charge in [0.15, 0.2) is 0 Å². The molecule has 0 spiro atoms. The number of aromatic amines is 1. The van der Waals surface area contributed by atoms with Crippen LogP contribution in [0.15, 0.2) is 42.7 Å². The highest BCUT2D eigenvalue weighted by Crippen LogP contribution is 2.43. The Morgan fingerprint density at radius 1 is 1.19 bits per heavy atom. The molecule has 1 amide bonds. The molecule has 0 fully saturated rings. The van der Waals surface area contributed by atoms with Crippen molar-refractivity contribution in [2.75, 3.05) is 13.7 Å². The molecule has 3 aromatic rings. The van der Waals surface area contributed by atoms with Crippen molar-refractivity contribution in [3.63, 3.8) is 0 Å². The van der Waals surface area contributed by atoms with Crippen molar-refractivity contribution in [1.82, 2.24) is 14.9 Å². The molecule has 1 N–H and O–H groups in total. The van der Waals surface area contributed by atoms with Gasteiger partial charge in [-0.1, -0.05) is 26.8 Å². The molecule has 0 saturated carbocycles. The van der Waals surface area contributed by atoms with Crippen LogP contribution in [0.1, 0.15) is 59.5 Å². The lowest BCUT2D eigenvalue weighted by molar-refractivity contribution is 0.0544. The fourth-order valence-electron chi connectivity index (χ4n) is 4.87. The van der Waals surface area contributed by atoms with Crippen LogP contribution < -0.4 is 0 Å². The second kappa shape index (κ2) is 7.84. The van der Waals surface area contributed by atoms with Gasteiger partial charge in [0.1, 0.15) is 0 Å². The summed E-state index contributed by atoms with van der Waals surface area (Å²) in [6.45, 7) is 9.24. The molecule has 4 rings (SSSR count). The number of esters is 1. The summed E-state index contributed by atoms with van der Waals surface area (Å²) in [6.07, 6.45) is 2.40.